The van der Waals surface area contributed by atoms with E-state index in [0.29, 0.717) is 19.4 Å². The van der Waals surface area contributed by atoms with Crippen molar-refractivity contribution in [3.8, 4) is 11.1 Å². The van der Waals surface area contributed by atoms with Crippen molar-refractivity contribution in [2.45, 2.75) is 50.9 Å². The topological polar surface area (TPSA) is 49.8 Å². The van der Waals surface area contributed by atoms with Gasteiger partial charge in [-0.15, -0.1) is 11.3 Å². The van der Waals surface area contributed by atoms with E-state index >= 15 is 0 Å². The predicted octanol–water partition coefficient (Wildman–Crippen LogP) is 6.51. The van der Waals surface area contributed by atoms with E-state index in [2.05, 4.69) is 0 Å². The lowest BCUT2D eigenvalue weighted by Crippen LogP contribution is -2.38. The third-order valence-electron chi connectivity index (χ3n) is 6.13. The van der Waals surface area contributed by atoms with Gasteiger partial charge in [0.05, 0.1) is 12.1 Å². The number of aliphatic hydroxyl groups is 1. The molecular formula is C26H28FNO3S. The molecule has 1 amide bonds. The molecule has 1 saturated heterocycles. The number of rotatable bonds is 6. The van der Waals surface area contributed by atoms with Crippen molar-refractivity contribution in [2.75, 3.05) is 6.54 Å². The Morgan fingerprint density at radius 1 is 1.09 bits per heavy atom. The fourth-order valence-corrected chi connectivity index (χ4v) is 5.37. The number of benzene rings is 2. The van der Waals surface area contributed by atoms with Crippen LogP contribution in [0.25, 0.3) is 11.1 Å². The molecule has 4 rings (SSSR count). The third-order valence-corrected chi connectivity index (χ3v) is 7.19. The monoisotopic (exact) mass is 453 g/mol. The first-order chi connectivity index (χ1) is 15.4. The lowest BCUT2D eigenvalue weighted by atomic mass is 9.89. The maximum Gasteiger partial charge on any atom is 0.411 e. The van der Waals surface area contributed by atoms with Crippen molar-refractivity contribution in [1.82, 2.24) is 4.90 Å². The van der Waals surface area contributed by atoms with Crippen LogP contribution in [0, 0.1) is 5.82 Å². The fourth-order valence-electron chi connectivity index (χ4n) is 4.46. The van der Waals surface area contributed by atoms with Gasteiger partial charge in [-0.1, -0.05) is 42.5 Å². The molecule has 1 aromatic heterocycles. The van der Waals surface area contributed by atoms with E-state index in [1.807, 2.05) is 48.7 Å². The highest BCUT2D eigenvalue weighted by atomic mass is 32.1. The molecule has 1 N–H and O–H groups in total. The number of hydrogen-bond donors (Lipinski definition) is 1. The van der Waals surface area contributed by atoms with Gasteiger partial charge in [-0.3, -0.25) is 0 Å². The van der Waals surface area contributed by atoms with Crippen molar-refractivity contribution >= 4 is 17.4 Å². The van der Waals surface area contributed by atoms with Crippen LogP contribution in [-0.4, -0.2) is 28.7 Å². The van der Waals surface area contributed by atoms with Gasteiger partial charge in [-0.2, -0.15) is 0 Å². The van der Waals surface area contributed by atoms with Gasteiger partial charge in [0.1, 0.15) is 5.82 Å². The summed E-state index contributed by atoms with van der Waals surface area (Å²) in [4.78, 5) is 16.0. The normalized spacial score (nSPS) is 21.0. The third kappa shape index (κ3) is 4.71. The summed E-state index contributed by atoms with van der Waals surface area (Å²) in [7, 11) is 0. The number of carbonyl (C=O) groups excluding carboxylic acids is 1. The number of carbonyl (C=O) groups is 1. The quantitative estimate of drug-likeness (QED) is 0.463. The Morgan fingerprint density at radius 3 is 2.34 bits per heavy atom. The number of nitrogens with zero attached hydrogens (tertiary/aromatic N) is 1. The molecule has 3 unspecified atom stereocenters. The Kier molecular flexibility index (Phi) is 6.63. The lowest BCUT2D eigenvalue weighted by molar-refractivity contribution is -0.0352. The molecule has 3 aromatic rings. The number of halogens is 1. The number of cyclic esters (lactones) is 1. The molecule has 32 heavy (non-hydrogen) atoms. The summed E-state index contributed by atoms with van der Waals surface area (Å²) in [6.45, 7) is 4.32. The second kappa shape index (κ2) is 9.43. The highest BCUT2D eigenvalue weighted by Gasteiger charge is 2.42. The molecular weight excluding hydrogens is 425 g/mol. The molecule has 4 nitrogen and oxygen atoms in total. The second-order valence-corrected chi connectivity index (χ2v) is 9.44. The first-order valence-electron chi connectivity index (χ1n) is 11.0. The minimum absolute atomic E-state index is 0.157. The van der Waals surface area contributed by atoms with Gasteiger partial charge in [0.25, 0.3) is 0 Å². The summed E-state index contributed by atoms with van der Waals surface area (Å²) in [6.07, 6.45) is 0.915. The van der Waals surface area contributed by atoms with Crippen LogP contribution in [-0.2, 0) is 10.3 Å². The summed E-state index contributed by atoms with van der Waals surface area (Å²) < 4.78 is 19.3. The lowest BCUT2D eigenvalue weighted by Gasteiger charge is -2.34. The Morgan fingerprint density at radius 2 is 1.75 bits per heavy atom. The van der Waals surface area contributed by atoms with Gasteiger partial charge in [0.15, 0.2) is 5.60 Å². The first-order valence-corrected chi connectivity index (χ1v) is 11.8. The van der Waals surface area contributed by atoms with Crippen LogP contribution >= 0.6 is 11.3 Å². The van der Waals surface area contributed by atoms with E-state index in [-0.39, 0.29) is 18.0 Å². The highest BCUT2D eigenvalue weighted by Crippen LogP contribution is 2.41. The van der Waals surface area contributed by atoms with Crippen LogP contribution in [0.1, 0.15) is 49.6 Å². The van der Waals surface area contributed by atoms with Crippen LogP contribution in [0.15, 0.2) is 66.0 Å². The van der Waals surface area contributed by atoms with Crippen LogP contribution < -0.4 is 0 Å². The highest BCUT2D eigenvalue weighted by molar-refractivity contribution is 7.10. The van der Waals surface area contributed by atoms with E-state index in [1.165, 1.54) is 12.1 Å². The van der Waals surface area contributed by atoms with Crippen LogP contribution in [0.4, 0.5) is 9.18 Å². The molecule has 0 radical (unpaired) electrons. The van der Waals surface area contributed by atoms with Gasteiger partial charge in [0.2, 0.25) is 0 Å². The minimum Gasteiger partial charge on any atom is -0.437 e. The summed E-state index contributed by atoms with van der Waals surface area (Å²) in [6, 6.07) is 18.2. The van der Waals surface area contributed by atoms with Gasteiger partial charge in [0, 0.05) is 17.8 Å². The fraction of sp³-hybridized carbons (Fsp3) is 0.346. The van der Waals surface area contributed by atoms with Crippen LogP contribution in [0.3, 0.4) is 0 Å². The average Bonchev–Trinajstić information content (AvgIpc) is 3.27. The average molecular weight is 454 g/mol. The van der Waals surface area contributed by atoms with Gasteiger partial charge in [-0.25, -0.2) is 9.18 Å². The summed E-state index contributed by atoms with van der Waals surface area (Å²) in [5.41, 5.74) is 2.15. The molecule has 1 aliphatic heterocycles. The predicted molar refractivity (Wildman–Crippen MR) is 125 cm³/mol. The SMILES string of the molecule is CC(O)CC1(c2cccs2)CCCN(C(C)c2ccc(-c3ccc(F)cc3)cc2)C(=O)O1. The van der Waals surface area contributed by atoms with E-state index in [1.54, 1.807) is 35.3 Å². The molecule has 2 aromatic carbocycles. The zero-order valence-electron chi connectivity index (χ0n) is 18.3. The Bertz CT molecular complexity index is 1030. The van der Waals surface area contributed by atoms with Gasteiger partial charge in [-0.05, 0) is 67.0 Å². The van der Waals surface area contributed by atoms with E-state index in [4.69, 9.17) is 4.74 Å². The molecule has 0 spiro atoms. The number of aliphatic hydroxyl groups excluding tert-OH is 1. The van der Waals surface area contributed by atoms with E-state index in [0.717, 1.165) is 28.0 Å². The smallest absolute Gasteiger partial charge is 0.411 e. The molecule has 2 heterocycles. The van der Waals surface area contributed by atoms with Crippen molar-refractivity contribution in [2.24, 2.45) is 0 Å². The van der Waals surface area contributed by atoms with Gasteiger partial charge < -0.3 is 14.7 Å². The maximum absolute atomic E-state index is 13.2. The van der Waals surface area contributed by atoms with E-state index < -0.39 is 11.7 Å². The molecule has 3 atom stereocenters. The Hall–Kier alpha value is -2.70. The summed E-state index contributed by atoms with van der Waals surface area (Å²) in [5, 5.41) is 12.1. The summed E-state index contributed by atoms with van der Waals surface area (Å²) >= 11 is 1.56. The van der Waals surface area contributed by atoms with Gasteiger partial charge >= 0.3 is 6.09 Å². The van der Waals surface area contributed by atoms with Crippen LogP contribution in [0.2, 0.25) is 0 Å². The molecule has 1 aliphatic rings. The molecule has 0 aliphatic carbocycles. The maximum atomic E-state index is 13.2. The number of thiophene rings is 1. The van der Waals surface area contributed by atoms with Crippen molar-refractivity contribution in [3.63, 3.8) is 0 Å². The number of amides is 1. The number of hydrogen-bond acceptors (Lipinski definition) is 4. The molecule has 1 fully saturated rings. The molecule has 168 valence electrons. The van der Waals surface area contributed by atoms with Crippen molar-refractivity contribution in [3.05, 3.63) is 82.3 Å². The molecule has 6 heteroatoms. The van der Waals surface area contributed by atoms with Crippen molar-refractivity contribution in [1.29, 1.82) is 0 Å². The molecule has 0 saturated carbocycles. The standard InChI is InChI=1S/C26H28FNO3S/c1-18(29)17-26(24-5-3-16-32-24)14-4-15-28(25(30)31-26)19(2)20-6-8-21(9-7-20)22-10-12-23(27)13-11-22/h3,5-13,16,18-19,29H,4,14-15,17H2,1-2H3. The van der Waals surface area contributed by atoms with E-state index in [9.17, 15) is 14.3 Å². The van der Waals surface area contributed by atoms with Crippen LogP contribution in [0.5, 0.6) is 0 Å². The van der Waals surface area contributed by atoms with Crippen molar-refractivity contribution < 1.29 is 19.0 Å². The largest absolute Gasteiger partial charge is 0.437 e. The second-order valence-electron chi connectivity index (χ2n) is 8.49. The Balaban J connectivity index is 1.53. The Labute approximate surface area is 192 Å². The minimum atomic E-state index is -0.791. The molecule has 0 bridgehead atoms. The zero-order valence-corrected chi connectivity index (χ0v) is 19.1. The zero-order chi connectivity index (χ0) is 22.7. The first kappa shape index (κ1) is 22.5. The number of ether oxygens (including phenoxy) is 1. The summed E-state index contributed by atoms with van der Waals surface area (Å²) in [5.74, 6) is -0.257.